The van der Waals surface area contributed by atoms with E-state index in [9.17, 15) is 19.5 Å². The van der Waals surface area contributed by atoms with Crippen LogP contribution in [0, 0.1) is 0 Å². The number of aliphatic hydroxyl groups excluding tert-OH is 1. The SMILES string of the molecule is CC(=O)OCC(O)C1OC(OC(C)=O)C(OC(C)=O)C2OC3(CCCCC3)OC12. The van der Waals surface area contributed by atoms with Crippen LogP contribution in [-0.2, 0) is 42.8 Å². The summed E-state index contributed by atoms with van der Waals surface area (Å²) in [4.78, 5) is 34.4. The van der Waals surface area contributed by atoms with Gasteiger partial charge in [0.05, 0.1) is 0 Å². The van der Waals surface area contributed by atoms with Gasteiger partial charge in [-0.05, 0) is 12.8 Å². The van der Waals surface area contributed by atoms with Gasteiger partial charge in [-0.25, -0.2) is 0 Å². The lowest BCUT2D eigenvalue weighted by Gasteiger charge is -2.42. The van der Waals surface area contributed by atoms with Crippen LogP contribution in [0.25, 0.3) is 0 Å². The van der Waals surface area contributed by atoms with Crippen molar-refractivity contribution in [3.05, 3.63) is 0 Å². The second kappa shape index (κ2) is 8.95. The van der Waals surface area contributed by atoms with Crippen LogP contribution in [0.1, 0.15) is 52.9 Å². The molecule has 3 aliphatic rings. The van der Waals surface area contributed by atoms with Crippen LogP contribution in [0.5, 0.6) is 0 Å². The minimum atomic E-state index is -1.29. The molecule has 1 aliphatic carbocycles. The summed E-state index contributed by atoms with van der Waals surface area (Å²) in [6.07, 6.45) is -2.06. The lowest BCUT2D eigenvalue weighted by atomic mass is 9.94. The number of hydrogen-bond donors (Lipinski definition) is 1. The van der Waals surface area contributed by atoms with Crippen LogP contribution >= 0.6 is 0 Å². The fraction of sp³-hybridized carbons (Fsp3) is 0.842. The average Bonchev–Trinajstić information content (AvgIpc) is 3.00. The van der Waals surface area contributed by atoms with Gasteiger partial charge >= 0.3 is 17.9 Å². The molecule has 29 heavy (non-hydrogen) atoms. The summed E-state index contributed by atoms with van der Waals surface area (Å²) in [5.41, 5.74) is 0. The number of esters is 3. The minimum Gasteiger partial charge on any atom is -0.463 e. The number of ether oxygens (including phenoxy) is 6. The van der Waals surface area contributed by atoms with E-state index in [2.05, 4.69) is 0 Å². The normalized spacial score (nSPS) is 34.1. The molecule has 0 radical (unpaired) electrons. The molecular formula is C19H28O10. The Morgan fingerprint density at radius 3 is 2.17 bits per heavy atom. The zero-order valence-corrected chi connectivity index (χ0v) is 16.8. The molecule has 10 heteroatoms. The summed E-state index contributed by atoms with van der Waals surface area (Å²) >= 11 is 0. The minimum absolute atomic E-state index is 0.329. The van der Waals surface area contributed by atoms with E-state index in [1.165, 1.54) is 20.8 Å². The van der Waals surface area contributed by atoms with Gasteiger partial charge in [-0.2, -0.15) is 0 Å². The van der Waals surface area contributed by atoms with E-state index in [1.54, 1.807) is 0 Å². The molecule has 1 N–H and O–H groups in total. The zero-order chi connectivity index (χ0) is 21.2. The van der Waals surface area contributed by atoms with Crippen molar-refractivity contribution in [3.63, 3.8) is 0 Å². The molecule has 6 unspecified atom stereocenters. The Balaban J connectivity index is 1.88. The maximum atomic E-state index is 11.7. The number of hydrogen-bond acceptors (Lipinski definition) is 10. The van der Waals surface area contributed by atoms with Crippen molar-refractivity contribution in [1.82, 2.24) is 0 Å². The van der Waals surface area contributed by atoms with Crippen molar-refractivity contribution in [1.29, 1.82) is 0 Å². The molecule has 6 atom stereocenters. The van der Waals surface area contributed by atoms with Crippen molar-refractivity contribution >= 4 is 17.9 Å². The summed E-state index contributed by atoms with van der Waals surface area (Å²) in [7, 11) is 0. The summed E-state index contributed by atoms with van der Waals surface area (Å²) in [5.74, 6) is -2.68. The molecule has 2 heterocycles. The molecule has 3 fully saturated rings. The first-order chi connectivity index (χ1) is 13.7. The van der Waals surface area contributed by atoms with Crippen LogP contribution in [0.2, 0.25) is 0 Å². The number of carbonyl (C=O) groups excluding carboxylic acids is 3. The predicted octanol–water partition coefficient (Wildman–Crippen LogP) is 0.575. The highest BCUT2D eigenvalue weighted by atomic mass is 16.8. The quantitative estimate of drug-likeness (QED) is 0.502. The van der Waals surface area contributed by atoms with Gasteiger partial charge in [0.2, 0.25) is 6.29 Å². The maximum Gasteiger partial charge on any atom is 0.305 e. The molecule has 10 nitrogen and oxygen atoms in total. The summed E-state index contributed by atoms with van der Waals surface area (Å²) in [6, 6.07) is 0. The summed E-state index contributed by atoms with van der Waals surface area (Å²) < 4.78 is 33.7. The van der Waals surface area contributed by atoms with E-state index in [1.807, 2.05) is 0 Å². The number of fused-ring (bicyclic) bond motifs is 1. The molecule has 164 valence electrons. The second-order valence-corrected chi connectivity index (χ2v) is 7.66. The summed E-state index contributed by atoms with van der Waals surface area (Å²) in [6.45, 7) is 3.32. The highest BCUT2D eigenvalue weighted by molar-refractivity contribution is 5.67. The third-order valence-corrected chi connectivity index (χ3v) is 5.27. The second-order valence-electron chi connectivity index (χ2n) is 7.66. The smallest absolute Gasteiger partial charge is 0.305 e. The van der Waals surface area contributed by atoms with E-state index in [0.717, 1.165) is 19.3 Å². The first-order valence-electron chi connectivity index (χ1n) is 9.88. The van der Waals surface area contributed by atoms with Crippen molar-refractivity contribution in [2.75, 3.05) is 6.61 Å². The first kappa shape index (κ1) is 21.9. The average molecular weight is 416 g/mol. The molecule has 0 aromatic heterocycles. The van der Waals surface area contributed by atoms with Gasteiger partial charge in [-0.1, -0.05) is 6.42 Å². The van der Waals surface area contributed by atoms with E-state index in [0.29, 0.717) is 12.8 Å². The summed E-state index contributed by atoms with van der Waals surface area (Å²) in [5, 5.41) is 10.6. The molecule has 1 spiro atoms. The van der Waals surface area contributed by atoms with Crippen molar-refractivity contribution < 1.29 is 47.9 Å². The van der Waals surface area contributed by atoms with Crippen LogP contribution in [0.15, 0.2) is 0 Å². The standard InChI is InChI=1S/C19H28O10/c1-10(20)24-9-13(23)14-15-16(29-19(28-15)7-5-4-6-8-19)17(25-11(2)21)18(27-14)26-12(3)22/h13-18,23H,4-9H2,1-3H3. The zero-order valence-electron chi connectivity index (χ0n) is 16.8. The third kappa shape index (κ3) is 5.06. The molecule has 0 aromatic carbocycles. The Bertz CT molecular complexity index is 628. The molecule has 3 rings (SSSR count). The molecule has 0 bridgehead atoms. The molecule has 2 saturated heterocycles. The Morgan fingerprint density at radius 2 is 1.59 bits per heavy atom. The Labute approximate surface area is 168 Å². The van der Waals surface area contributed by atoms with Gasteiger partial charge in [-0.3, -0.25) is 14.4 Å². The fourth-order valence-electron chi connectivity index (χ4n) is 4.14. The Morgan fingerprint density at radius 1 is 0.966 bits per heavy atom. The lowest BCUT2D eigenvalue weighted by Crippen LogP contribution is -2.62. The number of rotatable bonds is 5. The largest absolute Gasteiger partial charge is 0.463 e. The van der Waals surface area contributed by atoms with Gasteiger partial charge in [0, 0.05) is 33.6 Å². The molecule has 0 aromatic rings. The topological polar surface area (TPSA) is 127 Å². The van der Waals surface area contributed by atoms with Crippen LogP contribution in [0.3, 0.4) is 0 Å². The van der Waals surface area contributed by atoms with Crippen molar-refractivity contribution in [2.24, 2.45) is 0 Å². The fourth-order valence-corrected chi connectivity index (χ4v) is 4.14. The monoisotopic (exact) mass is 416 g/mol. The van der Waals surface area contributed by atoms with Crippen LogP contribution in [0.4, 0.5) is 0 Å². The first-order valence-corrected chi connectivity index (χ1v) is 9.88. The van der Waals surface area contributed by atoms with Gasteiger partial charge in [-0.15, -0.1) is 0 Å². The molecule has 1 saturated carbocycles. The lowest BCUT2D eigenvalue weighted by molar-refractivity contribution is -0.288. The third-order valence-electron chi connectivity index (χ3n) is 5.27. The maximum absolute atomic E-state index is 11.7. The molecular weight excluding hydrogens is 388 g/mol. The van der Waals surface area contributed by atoms with Gasteiger partial charge in [0.15, 0.2) is 11.9 Å². The van der Waals surface area contributed by atoms with Gasteiger partial charge in [0.25, 0.3) is 0 Å². The number of carbonyl (C=O) groups is 3. The van der Waals surface area contributed by atoms with E-state index < -0.39 is 60.5 Å². The molecule has 0 amide bonds. The molecule has 2 aliphatic heterocycles. The van der Waals surface area contributed by atoms with E-state index in [-0.39, 0.29) is 6.61 Å². The highest BCUT2D eigenvalue weighted by Gasteiger charge is 2.61. The van der Waals surface area contributed by atoms with E-state index in [4.69, 9.17) is 28.4 Å². The van der Waals surface area contributed by atoms with Crippen molar-refractivity contribution in [3.8, 4) is 0 Å². The van der Waals surface area contributed by atoms with Crippen molar-refractivity contribution in [2.45, 2.75) is 95.5 Å². The van der Waals surface area contributed by atoms with Gasteiger partial charge < -0.3 is 33.5 Å². The Kier molecular flexibility index (Phi) is 6.77. The van der Waals surface area contributed by atoms with Crippen LogP contribution in [-0.4, -0.2) is 72.2 Å². The number of aliphatic hydroxyl groups is 1. The Hall–Kier alpha value is -1.75. The van der Waals surface area contributed by atoms with E-state index >= 15 is 0 Å². The van der Waals surface area contributed by atoms with Crippen LogP contribution < -0.4 is 0 Å². The van der Waals surface area contributed by atoms with Gasteiger partial charge in [0.1, 0.15) is 31.0 Å². The predicted molar refractivity (Wildman–Crippen MR) is 94.2 cm³/mol. The highest BCUT2D eigenvalue weighted by Crippen LogP contribution is 2.46.